The van der Waals surface area contributed by atoms with E-state index in [0.29, 0.717) is 10.9 Å². The number of nitrogens with zero attached hydrogens (tertiary/aromatic N) is 5. The molecule has 0 aliphatic rings. The number of benzene rings is 1. The number of hydrogen-bond donors (Lipinski definition) is 2. The van der Waals surface area contributed by atoms with E-state index in [-0.39, 0.29) is 18.4 Å². The summed E-state index contributed by atoms with van der Waals surface area (Å²) in [5.74, 6) is 1.20. The smallest absolute Gasteiger partial charge is 0.253 e. The van der Waals surface area contributed by atoms with Gasteiger partial charge in [-0.1, -0.05) is 23.9 Å². The van der Waals surface area contributed by atoms with Crippen molar-refractivity contribution in [2.45, 2.75) is 38.4 Å². The molecule has 0 saturated carbocycles. The molecule has 9 heteroatoms. The second-order valence-corrected chi connectivity index (χ2v) is 7.45. The molecule has 144 valence electrons. The molecule has 4 rings (SSSR count). The normalized spacial score (nSPS) is 12.6. The SMILES string of the molecule is CSc1nc2nc(C)c(CC(=O)N[C@@H](C)c3nc4ccccc4[nH]3)c(C)n2n1. The molecular weight excluding hydrogens is 374 g/mol. The van der Waals surface area contributed by atoms with Crippen LogP contribution in [0, 0.1) is 13.8 Å². The monoisotopic (exact) mass is 395 g/mol. The molecule has 0 bridgehead atoms. The third-order valence-corrected chi connectivity index (χ3v) is 5.28. The number of thioether (sulfide) groups is 1. The number of nitrogens with one attached hydrogen (secondary N) is 2. The molecule has 0 spiro atoms. The first-order valence-electron chi connectivity index (χ1n) is 8.97. The summed E-state index contributed by atoms with van der Waals surface area (Å²) in [4.78, 5) is 29.4. The molecule has 1 amide bonds. The molecule has 0 aliphatic heterocycles. The van der Waals surface area contributed by atoms with Crippen LogP contribution in [0.2, 0.25) is 0 Å². The molecule has 0 fully saturated rings. The molecule has 3 aromatic heterocycles. The van der Waals surface area contributed by atoms with Crippen LogP contribution < -0.4 is 5.32 Å². The Kier molecular flexibility index (Phi) is 4.76. The van der Waals surface area contributed by atoms with E-state index in [0.717, 1.165) is 33.8 Å². The Morgan fingerprint density at radius 2 is 2.04 bits per heavy atom. The quantitative estimate of drug-likeness (QED) is 0.504. The number of amides is 1. The van der Waals surface area contributed by atoms with Crippen molar-refractivity contribution in [2.75, 3.05) is 6.26 Å². The molecule has 28 heavy (non-hydrogen) atoms. The van der Waals surface area contributed by atoms with Crippen LogP contribution in [0.1, 0.15) is 35.7 Å². The molecule has 8 nitrogen and oxygen atoms in total. The summed E-state index contributed by atoms with van der Waals surface area (Å²) in [5.41, 5.74) is 4.37. The van der Waals surface area contributed by atoms with Gasteiger partial charge in [0.15, 0.2) is 0 Å². The van der Waals surface area contributed by atoms with E-state index >= 15 is 0 Å². The van der Waals surface area contributed by atoms with Gasteiger partial charge in [-0.05, 0) is 39.2 Å². The lowest BCUT2D eigenvalue weighted by atomic mass is 10.1. The van der Waals surface area contributed by atoms with Gasteiger partial charge in [-0.3, -0.25) is 4.79 Å². The van der Waals surface area contributed by atoms with Crippen molar-refractivity contribution in [3.05, 3.63) is 47.0 Å². The lowest BCUT2D eigenvalue weighted by Crippen LogP contribution is -2.29. The zero-order valence-corrected chi connectivity index (χ0v) is 17.0. The number of imidazole rings is 1. The number of para-hydroxylation sites is 2. The summed E-state index contributed by atoms with van der Waals surface area (Å²) < 4.78 is 1.70. The van der Waals surface area contributed by atoms with Crippen LogP contribution in [0.15, 0.2) is 29.4 Å². The Morgan fingerprint density at radius 3 is 2.79 bits per heavy atom. The summed E-state index contributed by atoms with van der Waals surface area (Å²) in [7, 11) is 0. The highest BCUT2D eigenvalue weighted by Crippen LogP contribution is 2.19. The minimum atomic E-state index is -0.230. The van der Waals surface area contributed by atoms with Crippen molar-refractivity contribution in [1.82, 2.24) is 34.9 Å². The molecule has 0 radical (unpaired) electrons. The van der Waals surface area contributed by atoms with E-state index in [1.807, 2.05) is 51.3 Å². The summed E-state index contributed by atoms with van der Waals surface area (Å²) in [6, 6.07) is 7.58. The zero-order chi connectivity index (χ0) is 19.8. The predicted octanol–water partition coefficient (Wildman–Crippen LogP) is 2.76. The van der Waals surface area contributed by atoms with Crippen LogP contribution >= 0.6 is 11.8 Å². The lowest BCUT2D eigenvalue weighted by Gasteiger charge is -2.14. The lowest BCUT2D eigenvalue weighted by molar-refractivity contribution is -0.121. The number of aromatic nitrogens is 6. The fraction of sp³-hybridized carbons (Fsp3) is 0.316. The maximum Gasteiger partial charge on any atom is 0.253 e. The Hall–Kier alpha value is -2.94. The highest BCUT2D eigenvalue weighted by molar-refractivity contribution is 7.98. The van der Waals surface area contributed by atoms with Crippen LogP contribution in [0.4, 0.5) is 0 Å². The largest absolute Gasteiger partial charge is 0.346 e. The van der Waals surface area contributed by atoms with Crippen molar-refractivity contribution >= 4 is 34.5 Å². The number of H-pyrrole nitrogens is 1. The third-order valence-electron chi connectivity index (χ3n) is 4.74. The van der Waals surface area contributed by atoms with E-state index < -0.39 is 0 Å². The maximum absolute atomic E-state index is 12.7. The van der Waals surface area contributed by atoms with Crippen molar-refractivity contribution in [1.29, 1.82) is 0 Å². The topological polar surface area (TPSA) is 101 Å². The molecule has 1 aromatic carbocycles. The fourth-order valence-electron chi connectivity index (χ4n) is 3.23. The predicted molar refractivity (Wildman–Crippen MR) is 108 cm³/mol. The van der Waals surface area contributed by atoms with Crippen LogP contribution in [-0.2, 0) is 11.2 Å². The van der Waals surface area contributed by atoms with Gasteiger partial charge >= 0.3 is 0 Å². The van der Waals surface area contributed by atoms with E-state index in [4.69, 9.17) is 0 Å². The number of carbonyl (C=O) groups is 1. The first-order chi connectivity index (χ1) is 13.5. The van der Waals surface area contributed by atoms with Gasteiger partial charge in [0.1, 0.15) is 5.82 Å². The Balaban J connectivity index is 1.54. The molecule has 2 N–H and O–H groups in total. The summed E-state index contributed by atoms with van der Waals surface area (Å²) in [6.07, 6.45) is 2.14. The minimum Gasteiger partial charge on any atom is -0.346 e. The average molecular weight is 395 g/mol. The molecule has 1 atom stereocenters. The second-order valence-electron chi connectivity index (χ2n) is 6.68. The number of carbonyl (C=O) groups excluding carboxylic acids is 1. The second kappa shape index (κ2) is 7.23. The van der Waals surface area contributed by atoms with Crippen molar-refractivity contribution in [3.63, 3.8) is 0 Å². The minimum absolute atomic E-state index is 0.0921. The van der Waals surface area contributed by atoms with Gasteiger partial charge in [0, 0.05) is 17.0 Å². The highest BCUT2D eigenvalue weighted by atomic mass is 32.2. The standard InChI is InChI=1S/C19H21N7OS/c1-10-13(12(3)26-18(21-10)24-19(25-26)28-4)9-16(27)20-11(2)17-22-14-7-5-6-8-15(14)23-17/h5-8,11H,9H2,1-4H3,(H,20,27)(H,22,23)/t11-/m0/s1. The fourth-order valence-corrected chi connectivity index (χ4v) is 3.57. The molecule has 0 aliphatic carbocycles. The zero-order valence-electron chi connectivity index (χ0n) is 16.1. The Labute approximate surface area is 166 Å². The number of aryl methyl sites for hydroxylation is 2. The van der Waals surface area contributed by atoms with Crippen LogP contribution in [0.25, 0.3) is 16.8 Å². The van der Waals surface area contributed by atoms with Crippen LogP contribution in [0.3, 0.4) is 0 Å². The Morgan fingerprint density at radius 1 is 1.25 bits per heavy atom. The van der Waals surface area contributed by atoms with E-state index in [2.05, 4.69) is 30.4 Å². The molecule has 0 saturated heterocycles. The van der Waals surface area contributed by atoms with Crippen molar-refractivity contribution in [2.24, 2.45) is 0 Å². The summed E-state index contributed by atoms with van der Waals surface area (Å²) >= 11 is 1.46. The summed E-state index contributed by atoms with van der Waals surface area (Å²) in [5, 5.41) is 8.11. The number of hydrogen-bond acceptors (Lipinski definition) is 6. The highest BCUT2D eigenvalue weighted by Gasteiger charge is 2.18. The van der Waals surface area contributed by atoms with Crippen LogP contribution in [0.5, 0.6) is 0 Å². The van der Waals surface area contributed by atoms with Crippen molar-refractivity contribution in [3.8, 4) is 0 Å². The van der Waals surface area contributed by atoms with E-state index in [1.165, 1.54) is 11.8 Å². The van der Waals surface area contributed by atoms with Gasteiger partial charge < -0.3 is 10.3 Å². The number of fused-ring (bicyclic) bond motifs is 2. The first-order valence-corrected chi connectivity index (χ1v) is 10.2. The van der Waals surface area contributed by atoms with Crippen LogP contribution in [-0.4, -0.2) is 41.7 Å². The maximum atomic E-state index is 12.7. The van der Waals surface area contributed by atoms with Gasteiger partial charge in [-0.15, -0.1) is 5.10 Å². The van der Waals surface area contributed by atoms with Gasteiger partial charge in [-0.25, -0.2) is 14.5 Å². The van der Waals surface area contributed by atoms with Gasteiger partial charge in [0.05, 0.1) is 23.5 Å². The van der Waals surface area contributed by atoms with Gasteiger partial charge in [0.25, 0.3) is 5.78 Å². The molecule has 0 unspecified atom stereocenters. The summed E-state index contributed by atoms with van der Waals surface area (Å²) in [6.45, 7) is 5.75. The first kappa shape index (κ1) is 18.4. The van der Waals surface area contributed by atoms with Gasteiger partial charge in [-0.2, -0.15) is 4.98 Å². The number of aromatic amines is 1. The number of rotatable bonds is 5. The molecular formula is C19H21N7OS. The van der Waals surface area contributed by atoms with E-state index in [9.17, 15) is 4.79 Å². The van der Waals surface area contributed by atoms with Gasteiger partial charge in [0.2, 0.25) is 11.1 Å². The average Bonchev–Trinajstić information content (AvgIpc) is 3.29. The van der Waals surface area contributed by atoms with E-state index in [1.54, 1.807) is 4.52 Å². The van der Waals surface area contributed by atoms with Crippen molar-refractivity contribution < 1.29 is 4.79 Å². The molecule has 3 heterocycles. The molecule has 4 aromatic rings. The Bertz CT molecular complexity index is 1150. The third kappa shape index (κ3) is 3.33.